The number of hydrogen-bond donors (Lipinski definition) is 1. The van der Waals surface area contributed by atoms with Gasteiger partial charge in [0.2, 0.25) is 0 Å². The van der Waals surface area contributed by atoms with Gasteiger partial charge in [0.15, 0.2) is 0 Å². The molecular formula is C14H22N2O. The van der Waals surface area contributed by atoms with Gasteiger partial charge < -0.3 is 15.4 Å². The Labute approximate surface area is 104 Å². The van der Waals surface area contributed by atoms with Gasteiger partial charge in [-0.2, -0.15) is 0 Å². The lowest BCUT2D eigenvalue weighted by molar-refractivity contribution is 0.302. The largest absolute Gasteiger partial charge is 0.494 e. The van der Waals surface area contributed by atoms with Gasteiger partial charge >= 0.3 is 0 Å². The van der Waals surface area contributed by atoms with Crippen LogP contribution in [0.5, 0.6) is 5.75 Å². The van der Waals surface area contributed by atoms with E-state index in [-0.39, 0.29) is 6.04 Å². The predicted molar refractivity (Wildman–Crippen MR) is 70.2 cm³/mol. The highest BCUT2D eigenvalue weighted by Crippen LogP contribution is 2.27. The second-order valence-corrected chi connectivity index (χ2v) is 4.78. The molecule has 2 rings (SSSR count). The van der Waals surface area contributed by atoms with Crippen molar-refractivity contribution in [3.05, 3.63) is 29.8 Å². The number of ether oxygens (including phenoxy) is 1. The molecule has 3 heteroatoms. The lowest BCUT2D eigenvalue weighted by atomic mass is 10.1. The Balaban J connectivity index is 1.91. The number of nitrogens with two attached hydrogens (primary N) is 1. The Morgan fingerprint density at radius 1 is 1.35 bits per heavy atom. The van der Waals surface area contributed by atoms with Gasteiger partial charge in [-0.15, -0.1) is 0 Å². The van der Waals surface area contributed by atoms with Crippen LogP contribution in [-0.2, 0) is 0 Å². The summed E-state index contributed by atoms with van der Waals surface area (Å²) in [6.07, 6.45) is 2.65. The molecule has 2 N–H and O–H groups in total. The molecule has 1 aromatic rings. The molecule has 1 fully saturated rings. The normalized spacial score (nSPS) is 17.2. The van der Waals surface area contributed by atoms with Gasteiger partial charge in [-0.25, -0.2) is 0 Å². The van der Waals surface area contributed by atoms with E-state index in [1.807, 2.05) is 19.1 Å². The Kier molecular flexibility index (Phi) is 4.02. The zero-order valence-corrected chi connectivity index (χ0v) is 10.7. The molecule has 0 aromatic heterocycles. The van der Waals surface area contributed by atoms with Crippen LogP contribution in [0.4, 0.5) is 0 Å². The molecule has 17 heavy (non-hydrogen) atoms. The van der Waals surface area contributed by atoms with Crippen LogP contribution in [-0.4, -0.2) is 31.1 Å². The van der Waals surface area contributed by atoms with Crippen molar-refractivity contribution in [2.24, 2.45) is 5.73 Å². The molecule has 1 aliphatic carbocycles. The number of nitrogens with zero attached hydrogens (tertiary/aromatic N) is 1. The van der Waals surface area contributed by atoms with E-state index < -0.39 is 0 Å². The van der Waals surface area contributed by atoms with E-state index in [2.05, 4.69) is 24.1 Å². The van der Waals surface area contributed by atoms with Gasteiger partial charge in [-0.3, -0.25) is 0 Å². The summed E-state index contributed by atoms with van der Waals surface area (Å²) in [6.45, 7) is 3.62. The SMILES string of the molecule is CCOc1ccc(C(N)CN(C)C2CC2)cc1. The average Bonchev–Trinajstić information content (AvgIpc) is 3.14. The molecule has 1 saturated carbocycles. The van der Waals surface area contributed by atoms with Crippen molar-refractivity contribution in [2.45, 2.75) is 31.8 Å². The molecule has 0 saturated heterocycles. The van der Waals surface area contributed by atoms with Crippen molar-refractivity contribution in [3.63, 3.8) is 0 Å². The first-order valence-corrected chi connectivity index (χ1v) is 6.39. The Hall–Kier alpha value is -1.06. The molecular weight excluding hydrogens is 212 g/mol. The van der Waals surface area contributed by atoms with Crippen molar-refractivity contribution in [1.82, 2.24) is 4.90 Å². The number of hydrogen-bond acceptors (Lipinski definition) is 3. The summed E-state index contributed by atoms with van der Waals surface area (Å²) in [5, 5.41) is 0. The maximum absolute atomic E-state index is 6.20. The van der Waals surface area contributed by atoms with E-state index in [9.17, 15) is 0 Å². The van der Waals surface area contributed by atoms with Gasteiger partial charge in [0.25, 0.3) is 0 Å². The van der Waals surface area contributed by atoms with Gasteiger partial charge in [0.1, 0.15) is 5.75 Å². The predicted octanol–water partition coefficient (Wildman–Crippen LogP) is 2.18. The zero-order chi connectivity index (χ0) is 12.3. The molecule has 0 amide bonds. The maximum Gasteiger partial charge on any atom is 0.119 e. The third kappa shape index (κ3) is 3.45. The molecule has 1 unspecified atom stereocenters. The van der Waals surface area contributed by atoms with Crippen LogP contribution >= 0.6 is 0 Å². The molecule has 3 nitrogen and oxygen atoms in total. The van der Waals surface area contributed by atoms with E-state index >= 15 is 0 Å². The summed E-state index contributed by atoms with van der Waals surface area (Å²) in [5.41, 5.74) is 7.38. The molecule has 0 aliphatic heterocycles. The summed E-state index contributed by atoms with van der Waals surface area (Å²) in [5.74, 6) is 0.916. The topological polar surface area (TPSA) is 38.5 Å². The van der Waals surface area contributed by atoms with Gasteiger partial charge in [-0.05, 0) is 44.5 Å². The smallest absolute Gasteiger partial charge is 0.119 e. The van der Waals surface area contributed by atoms with Crippen LogP contribution in [0.1, 0.15) is 31.4 Å². The second kappa shape index (κ2) is 5.52. The van der Waals surface area contributed by atoms with Crippen molar-refractivity contribution >= 4 is 0 Å². The third-order valence-corrected chi connectivity index (χ3v) is 3.27. The Morgan fingerprint density at radius 2 is 2.00 bits per heavy atom. The van der Waals surface area contributed by atoms with Crippen LogP contribution in [0.2, 0.25) is 0 Å². The fraction of sp³-hybridized carbons (Fsp3) is 0.571. The first-order chi connectivity index (χ1) is 8.20. The first-order valence-electron chi connectivity index (χ1n) is 6.39. The highest BCUT2D eigenvalue weighted by atomic mass is 16.5. The minimum Gasteiger partial charge on any atom is -0.494 e. The van der Waals surface area contributed by atoms with E-state index in [1.165, 1.54) is 18.4 Å². The molecule has 0 spiro atoms. The van der Waals surface area contributed by atoms with Gasteiger partial charge in [0.05, 0.1) is 6.61 Å². The lowest BCUT2D eigenvalue weighted by Gasteiger charge is -2.21. The van der Waals surface area contributed by atoms with Gasteiger partial charge in [0, 0.05) is 18.6 Å². The summed E-state index contributed by atoms with van der Waals surface area (Å²) in [4.78, 5) is 2.36. The average molecular weight is 234 g/mol. The van der Waals surface area contributed by atoms with E-state index in [0.717, 1.165) is 18.3 Å². The lowest BCUT2D eigenvalue weighted by Crippen LogP contribution is -2.30. The molecule has 0 heterocycles. The van der Waals surface area contributed by atoms with Crippen molar-refractivity contribution in [3.8, 4) is 5.75 Å². The monoisotopic (exact) mass is 234 g/mol. The second-order valence-electron chi connectivity index (χ2n) is 4.78. The Morgan fingerprint density at radius 3 is 2.53 bits per heavy atom. The van der Waals surface area contributed by atoms with Crippen LogP contribution in [0.25, 0.3) is 0 Å². The molecule has 94 valence electrons. The minimum absolute atomic E-state index is 0.0938. The molecule has 0 radical (unpaired) electrons. The summed E-state index contributed by atoms with van der Waals surface area (Å²) in [6, 6.07) is 8.98. The van der Waals surface area contributed by atoms with Crippen LogP contribution in [0.3, 0.4) is 0 Å². The number of likely N-dealkylation sites (N-methyl/N-ethyl adjacent to an activating group) is 1. The summed E-state index contributed by atoms with van der Waals surface area (Å²) in [7, 11) is 2.16. The first kappa shape index (κ1) is 12.4. The molecule has 1 atom stereocenters. The minimum atomic E-state index is 0.0938. The van der Waals surface area contributed by atoms with Crippen molar-refractivity contribution in [1.29, 1.82) is 0 Å². The zero-order valence-electron chi connectivity index (χ0n) is 10.7. The van der Waals surface area contributed by atoms with E-state index in [4.69, 9.17) is 10.5 Å². The highest BCUT2D eigenvalue weighted by Gasteiger charge is 2.27. The quantitative estimate of drug-likeness (QED) is 0.820. The third-order valence-electron chi connectivity index (χ3n) is 3.27. The fourth-order valence-corrected chi connectivity index (χ4v) is 2.06. The molecule has 1 aliphatic rings. The highest BCUT2D eigenvalue weighted by molar-refractivity contribution is 5.29. The van der Waals surface area contributed by atoms with Crippen LogP contribution < -0.4 is 10.5 Å². The maximum atomic E-state index is 6.20. The Bertz CT molecular complexity index is 346. The van der Waals surface area contributed by atoms with Crippen molar-refractivity contribution < 1.29 is 4.74 Å². The fourth-order valence-electron chi connectivity index (χ4n) is 2.06. The van der Waals surface area contributed by atoms with Gasteiger partial charge in [-0.1, -0.05) is 12.1 Å². The van der Waals surface area contributed by atoms with Crippen molar-refractivity contribution in [2.75, 3.05) is 20.2 Å². The van der Waals surface area contributed by atoms with E-state index in [1.54, 1.807) is 0 Å². The number of rotatable bonds is 6. The van der Waals surface area contributed by atoms with Crippen LogP contribution in [0, 0.1) is 0 Å². The summed E-state index contributed by atoms with van der Waals surface area (Å²) < 4.78 is 5.42. The molecule has 0 bridgehead atoms. The molecule has 1 aromatic carbocycles. The summed E-state index contributed by atoms with van der Waals surface area (Å²) >= 11 is 0. The standard InChI is InChI=1S/C14H22N2O/c1-3-17-13-8-4-11(5-9-13)14(15)10-16(2)12-6-7-12/h4-5,8-9,12,14H,3,6-7,10,15H2,1-2H3. The van der Waals surface area contributed by atoms with E-state index in [0.29, 0.717) is 6.61 Å². The number of benzene rings is 1. The van der Waals surface area contributed by atoms with Crippen LogP contribution in [0.15, 0.2) is 24.3 Å².